The smallest absolute Gasteiger partial charge is 0.422 e. The number of benzene rings is 3. The predicted molar refractivity (Wildman–Crippen MR) is 200 cm³/mol. The molecule has 2 unspecified atom stereocenters. The molecular weight excluding hydrogens is 755 g/mol. The molecule has 6 rings (SSSR count). The molecular formula is C39H39ClF3N7O6. The number of nitrogens with zero attached hydrogens (tertiary/aromatic N) is 3. The van der Waals surface area contributed by atoms with E-state index in [1.807, 2.05) is 31.2 Å². The standard InChI is InChI=1S/C39H39ClF3N7O6/c1-22-3-2-4-24(19-22)29-20-25(29)7-14-31(51)33(53)44-18-15-30(34(54)55)46-32(52)23-5-12-28(13-6-23)45-35-47-36(49-37(48-35)56-21-39(41,42)43)50-38(16-17-38)26-8-10-27(40)11-9-26/h2-6,8-13,19,25,29-30H,7,14-18,20-21H2,1H3,(H,44,53)(H,46,52)(H,54,55)(H2,45,47,48,49,50)/t25?,29?,30-/m0/s1. The Morgan fingerprint density at radius 2 is 1.70 bits per heavy atom. The van der Waals surface area contributed by atoms with Crippen molar-refractivity contribution in [1.82, 2.24) is 25.6 Å². The van der Waals surface area contributed by atoms with Gasteiger partial charge in [-0.25, -0.2) is 4.79 Å². The van der Waals surface area contributed by atoms with E-state index in [0.717, 1.165) is 12.0 Å². The first-order chi connectivity index (χ1) is 26.7. The van der Waals surface area contributed by atoms with Crippen molar-refractivity contribution in [3.05, 3.63) is 100 Å². The number of ether oxygens (including phenoxy) is 1. The predicted octanol–water partition coefficient (Wildman–Crippen LogP) is 6.46. The molecule has 2 aliphatic rings. The SMILES string of the molecule is Cc1cccc(C2CC2CCC(=O)C(=O)NCC[C@H](NC(=O)c2ccc(Nc3nc(NC4(c5ccc(Cl)cc5)CC4)nc(OCC(F)(F)F)n3)cc2)C(=O)O)c1. The second-order valence-electron chi connectivity index (χ2n) is 14.0. The highest BCUT2D eigenvalue weighted by molar-refractivity contribution is 6.36. The maximum absolute atomic E-state index is 13.0. The zero-order valence-electron chi connectivity index (χ0n) is 30.2. The molecule has 2 amide bonds. The van der Waals surface area contributed by atoms with Crippen LogP contribution >= 0.6 is 11.6 Å². The molecule has 3 aromatic carbocycles. The largest absolute Gasteiger partial charge is 0.480 e. The number of aryl methyl sites for hydroxylation is 1. The molecule has 13 nitrogen and oxygen atoms in total. The van der Waals surface area contributed by atoms with Gasteiger partial charge in [-0.05, 0) is 98.4 Å². The summed E-state index contributed by atoms with van der Waals surface area (Å²) < 4.78 is 43.7. The first-order valence-corrected chi connectivity index (χ1v) is 18.3. The first kappa shape index (κ1) is 39.9. The minimum absolute atomic E-state index is 0.0336. The number of carboxylic acid groups (broad SMARTS) is 1. The van der Waals surface area contributed by atoms with Crippen LogP contribution in [0.15, 0.2) is 72.8 Å². The maximum atomic E-state index is 13.0. The molecule has 56 heavy (non-hydrogen) atoms. The number of hydrogen-bond acceptors (Lipinski definition) is 10. The number of halogens is 4. The Morgan fingerprint density at radius 3 is 2.36 bits per heavy atom. The van der Waals surface area contributed by atoms with Gasteiger partial charge in [0, 0.05) is 29.2 Å². The minimum Gasteiger partial charge on any atom is -0.480 e. The highest BCUT2D eigenvalue weighted by Crippen LogP contribution is 2.50. The summed E-state index contributed by atoms with van der Waals surface area (Å²) in [5, 5.41) is 21.2. The van der Waals surface area contributed by atoms with E-state index in [1.54, 1.807) is 12.1 Å². The third-order valence-corrected chi connectivity index (χ3v) is 9.84. The first-order valence-electron chi connectivity index (χ1n) is 17.9. The van der Waals surface area contributed by atoms with Gasteiger partial charge in [0.15, 0.2) is 6.61 Å². The van der Waals surface area contributed by atoms with Gasteiger partial charge >= 0.3 is 18.2 Å². The van der Waals surface area contributed by atoms with Crippen LogP contribution in [0, 0.1) is 12.8 Å². The van der Waals surface area contributed by atoms with Gasteiger partial charge in [0.05, 0.1) is 5.54 Å². The Labute approximate surface area is 324 Å². The summed E-state index contributed by atoms with van der Waals surface area (Å²) in [7, 11) is 0. The molecule has 0 spiro atoms. The summed E-state index contributed by atoms with van der Waals surface area (Å²) in [6.07, 6.45) is -1.76. The molecule has 4 aromatic rings. The molecule has 2 fully saturated rings. The van der Waals surface area contributed by atoms with Crippen molar-refractivity contribution in [2.45, 2.75) is 69.1 Å². The van der Waals surface area contributed by atoms with E-state index >= 15 is 0 Å². The van der Waals surface area contributed by atoms with E-state index < -0.39 is 53.9 Å². The lowest BCUT2D eigenvalue weighted by Gasteiger charge is -2.19. The van der Waals surface area contributed by atoms with E-state index in [1.165, 1.54) is 35.4 Å². The Morgan fingerprint density at radius 1 is 0.982 bits per heavy atom. The number of aliphatic carboxylic acids is 1. The van der Waals surface area contributed by atoms with E-state index in [4.69, 9.17) is 16.3 Å². The second kappa shape index (κ2) is 16.9. The van der Waals surface area contributed by atoms with Gasteiger partial charge in [-0.3, -0.25) is 14.4 Å². The zero-order valence-corrected chi connectivity index (χ0v) is 30.9. The summed E-state index contributed by atoms with van der Waals surface area (Å²) in [6, 6.07) is 19.1. The van der Waals surface area contributed by atoms with Crippen LogP contribution in [0.3, 0.4) is 0 Å². The van der Waals surface area contributed by atoms with Gasteiger partial charge in [0.1, 0.15) is 6.04 Å². The monoisotopic (exact) mass is 793 g/mol. The number of carboxylic acids is 1. The number of nitrogens with one attached hydrogen (secondary N) is 4. The molecule has 0 bridgehead atoms. The number of carbonyl (C=O) groups is 4. The van der Waals surface area contributed by atoms with E-state index in [0.29, 0.717) is 41.8 Å². The highest BCUT2D eigenvalue weighted by Gasteiger charge is 2.45. The molecule has 294 valence electrons. The molecule has 3 atom stereocenters. The lowest BCUT2D eigenvalue weighted by molar-refractivity contribution is -0.154. The van der Waals surface area contributed by atoms with Crippen LogP contribution in [0.1, 0.15) is 71.5 Å². The van der Waals surface area contributed by atoms with E-state index in [2.05, 4.69) is 48.4 Å². The number of amides is 2. The number of ketones is 1. The van der Waals surface area contributed by atoms with Gasteiger partial charge in [-0.1, -0.05) is 53.6 Å². The topological polar surface area (TPSA) is 185 Å². The summed E-state index contributed by atoms with van der Waals surface area (Å²) in [6.45, 7) is 0.246. The number of hydrogen-bond donors (Lipinski definition) is 5. The lowest BCUT2D eigenvalue weighted by atomic mass is 10.0. The highest BCUT2D eigenvalue weighted by atomic mass is 35.5. The van der Waals surface area contributed by atoms with Gasteiger partial charge in [0.2, 0.25) is 17.7 Å². The average molecular weight is 794 g/mol. The number of aromatic nitrogens is 3. The number of alkyl halides is 3. The van der Waals surface area contributed by atoms with Crippen molar-refractivity contribution >= 4 is 52.8 Å². The van der Waals surface area contributed by atoms with Gasteiger partial charge in [-0.2, -0.15) is 28.1 Å². The Bertz CT molecular complexity index is 2080. The number of carbonyl (C=O) groups excluding carboxylic acids is 3. The van der Waals surface area contributed by atoms with Crippen molar-refractivity contribution in [1.29, 1.82) is 0 Å². The van der Waals surface area contributed by atoms with E-state index in [9.17, 15) is 37.5 Å². The molecule has 5 N–H and O–H groups in total. The second-order valence-corrected chi connectivity index (χ2v) is 14.4. The zero-order chi connectivity index (χ0) is 40.0. The number of anilines is 3. The van der Waals surface area contributed by atoms with Crippen LogP contribution in [0.25, 0.3) is 0 Å². The quantitative estimate of drug-likeness (QED) is 0.0697. The van der Waals surface area contributed by atoms with Crippen molar-refractivity contribution in [2.24, 2.45) is 5.92 Å². The van der Waals surface area contributed by atoms with E-state index in [-0.39, 0.29) is 36.8 Å². The van der Waals surface area contributed by atoms with Gasteiger partial charge < -0.3 is 31.1 Å². The Kier molecular flexibility index (Phi) is 12.1. The van der Waals surface area contributed by atoms with Crippen LogP contribution in [-0.4, -0.2) is 69.0 Å². The third kappa shape index (κ3) is 10.9. The summed E-state index contributed by atoms with van der Waals surface area (Å²) in [5.74, 6) is -2.89. The van der Waals surface area contributed by atoms with Crippen molar-refractivity contribution in [2.75, 3.05) is 23.8 Å². The Hall–Kier alpha value is -5.77. The molecule has 2 saturated carbocycles. The normalized spacial score (nSPS) is 17.2. The fraction of sp³-hybridized carbons (Fsp3) is 0.359. The molecule has 1 heterocycles. The number of Topliss-reactive ketones (excluding diaryl/α,β-unsaturated/α-hetero) is 1. The molecule has 17 heteroatoms. The van der Waals surface area contributed by atoms with Crippen LogP contribution in [0.5, 0.6) is 6.01 Å². The van der Waals surface area contributed by atoms with Crippen LogP contribution in [-0.2, 0) is 19.9 Å². The van der Waals surface area contributed by atoms with Crippen molar-refractivity contribution < 1.29 is 42.2 Å². The Balaban J connectivity index is 1.01. The molecule has 2 aliphatic carbocycles. The van der Waals surface area contributed by atoms with Crippen molar-refractivity contribution in [3.63, 3.8) is 0 Å². The van der Waals surface area contributed by atoms with Gasteiger partial charge in [-0.15, -0.1) is 0 Å². The molecule has 0 saturated heterocycles. The van der Waals surface area contributed by atoms with Gasteiger partial charge in [0.25, 0.3) is 11.8 Å². The molecule has 0 radical (unpaired) electrons. The minimum atomic E-state index is -4.64. The van der Waals surface area contributed by atoms with Crippen LogP contribution in [0.2, 0.25) is 5.02 Å². The fourth-order valence-electron chi connectivity index (χ4n) is 6.34. The fourth-order valence-corrected chi connectivity index (χ4v) is 6.47. The summed E-state index contributed by atoms with van der Waals surface area (Å²) in [5.41, 5.74) is 3.17. The number of rotatable bonds is 18. The lowest BCUT2D eigenvalue weighted by Crippen LogP contribution is -2.43. The van der Waals surface area contributed by atoms with Crippen molar-refractivity contribution in [3.8, 4) is 6.01 Å². The average Bonchev–Trinajstić information content (AvgIpc) is 4.09. The summed E-state index contributed by atoms with van der Waals surface area (Å²) in [4.78, 5) is 62.0. The van der Waals surface area contributed by atoms with Crippen LogP contribution in [0.4, 0.5) is 30.8 Å². The summed E-state index contributed by atoms with van der Waals surface area (Å²) >= 11 is 6.03. The maximum Gasteiger partial charge on any atom is 0.422 e. The molecule has 0 aliphatic heterocycles. The molecule has 1 aromatic heterocycles. The third-order valence-electron chi connectivity index (χ3n) is 9.59. The van der Waals surface area contributed by atoms with Crippen LogP contribution < -0.4 is 26.0 Å².